The Labute approximate surface area is 153 Å². The first-order chi connectivity index (χ1) is 12.1. The molecular formula is C21H36N2O2. The fraction of sp³-hybridized carbons (Fsp3) is 0.905. The number of carbonyl (C=O) groups is 2. The highest BCUT2D eigenvalue weighted by Crippen LogP contribution is 2.31. The van der Waals surface area contributed by atoms with Gasteiger partial charge in [-0.05, 0) is 43.4 Å². The van der Waals surface area contributed by atoms with Crippen molar-refractivity contribution >= 4 is 11.8 Å². The minimum Gasteiger partial charge on any atom is -0.339 e. The van der Waals surface area contributed by atoms with Gasteiger partial charge in [0, 0.05) is 39.0 Å². The van der Waals surface area contributed by atoms with Crippen molar-refractivity contribution in [1.29, 1.82) is 0 Å². The zero-order chi connectivity index (χ0) is 17.6. The molecule has 4 nitrogen and oxygen atoms in total. The molecule has 142 valence electrons. The molecule has 0 radical (unpaired) electrons. The van der Waals surface area contributed by atoms with Crippen molar-refractivity contribution in [2.75, 3.05) is 26.2 Å². The smallest absolute Gasteiger partial charge is 0.222 e. The predicted octanol–water partition coefficient (Wildman–Crippen LogP) is 3.84. The lowest BCUT2D eigenvalue weighted by Gasteiger charge is -2.37. The molecule has 2 atom stereocenters. The molecule has 1 heterocycles. The van der Waals surface area contributed by atoms with Crippen LogP contribution in [-0.2, 0) is 9.59 Å². The molecule has 4 heteroatoms. The van der Waals surface area contributed by atoms with E-state index in [2.05, 4.69) is 6.92 Å². The lowest BCUT2D eigenvalue weighted by Crippen LogP contribution is -2.51. The minimum absolute atomic E-state index is 0.318. The Morgan fingerprint density at radius 2 is 1.24 bits per heavy atom. The van der Waals surface area contributed by atoms with Crippen molar-refractivity contribution in [2.45, 2.75) is 77.6 Å². The van der Waals surface area contributed by atoms with Crippen molar-refractivity contribution in [1.82, 2.24) is 9.80 Å². The molecule has 0 spiro atoms. The summed E-state index contributed by atoms with van der Waals surface area (Å²) in [6.07, 6.45) is 12.9. The van der Waals surface area contributed by atoms with Crippen molar-refractivity contribution in [3.05, 3.63) is 0 Å². The Hall–Kier alpha value is -1.06. The second kappa shape index (κ2) is 9.05. The van der Waals surface area contributed by atoms with Gasteiger partial charge in [-0.2, -0.15) is 0 Å². The number of piperazine rings is 1. The first kappa shape index (κ1) is 18.7. The maximum Gasteiger partial charge on any atom is 0.222 e. The normalized spacial score (nSPS) is 28.8. The highest BCUT2D eigenvalue weighted by molar-refractivity contribution is 5.78. The lowest BCUT2D eigenvalue weighted by atomic mass is 9.80. The average Bonchev–Trinajstić information content (AvgIpc) is 2.62. The van der Waals surface area contributed by atoms with Gasteiger partial charge < -0.3 is 9.80 Å². The summed E-state index contributed by atoms with van der Waals surface area (Å²) in [5.41, 5.74) is 0. The molecule has 0 unspecified atom stereocenters. The van der Waals surface area contributed by atoms with Gasteiger partial charge in [-0.25, -0.2) is 0 Å². The number of amides is 2. The van der Waals surface area contributed by atoms with Crippen molar-refractivity contribution in [2.24, 2.45) is 17.8 Å². The summed E-state index contributed by atoms with van der Waals surface area (Å²) in [4.78, 5) is 29.1. The van der Waals surface area contributed by atoms with E-state index in [0.29, 0.717) is 23.7 Å². The maximum absolute atomic E-state index is 12.6. The van der Waals surface area contributed by atoms with Gasteiger partial charge in [-0.3, -0.25) is 9.59 Å². The van der Waals surface area contributed by atoms with Gasteiger partial charge in [-0.1, -0.05) is 39.0 Å². The van der Waals surface area contributed by atoms with Crippen molar-refractivity contribution in [3.8, 4) is 0 Å². The molecule has 0 aromatic carbocycles. The van der Waals surface area contributed by atoms with Crippen LogP contribution in [0.4, 0.5) is 0 Å². The van der Waals surface area contributed by atoms with Crippen molar-refractivity contribution < 1.29 is 9.59 Å². The van der Waals surface area contributed by atoms with E-state index in [1.807, 2.05) is 9.80 Å². The molecule has 0 N–H and O–H groups in total. The lowest BCUT2D eigenvalue weighted by molar-refractivity contribution is -0.141. The van der Waals surface area contributed by atoms with E-state index in [1.54, 1.807) is 0 Å². The monoisotopic (exact) mass is 348 g/mol. The van der Waals surface area contributed by atoms with Crippen LogP contribution >= 0.6 is 0 Å². The van der Waals surface area contributed by atoms with E-state index in [-0.39, 0.29) is 0 Å². The average molecular weight is 349 g/mol. The first-order valence-corrected chi connectivity index (χ1v) is 10.7. The van der Waals surface area contributed by atoms with Crippen LogP contribution in [0.5, 0.6) is 0 Å². The molecule has 3 aliphatic rings. The fourth-order valence-electron chi connectivity index (χ4n) is 5.09. The Bertz CT molecular complexity index is 451. The number of hydrogen-bond donors (Lipinski definition) is 0. The van der Waals surface area contributed by atoms with Gasteiger partial charge in [0.1, 0.15) is 0 Å². The number of nitrogens with zero attached hydrogens (tertiary/aromatic N) is 2. The number of carbonyl (C=O) groups excluding carboxylic acids is 2. The Morgan fingerprint density at radius 1 is 0.720 bits per heavy atom. The highest BCUT2D eigenvalue weighted by atomic mass is 16.2. The topological polar surface area (TPSA) is 40.6 Å². The van der Waals surface area contributed by atoms with Crippen LogP contribution in [0.15, 0.2) is 0 Å². The maximum atomic E-state index is 12.6. The fourth-order valence-corrected chi connectivity index (χ4v) is 5.09. The Balaban J connectivity index is 1.38. The summed E-state index contributed by atoms with van der Waals surface area (Å²) in [5.74, 6) is 2.61. The second-order valence-electron chi connectivity index (χ2n) is 8.81. The van der Waals surface area contributed by atoms with E-state index in [1.165, 1.54) is 57.8 Å². The van der Waals surface area contributed by atoms with Gasteiger partial charge in [0.25, 0.3) is 0 Å². The summed E-state index contributed by atoms with van der Waals surface area (Å²) in [5, 5.41) is 0. The third-order valence-electron chi connectivity index (χ3n) is 6.68. The zero-order valence-corrected chi connectivity index (χ0v) is 16.0. The Kier molecular flexibility index (Phi) is 6.77. The van der Waals surface area contributed by atoms with Crippen LogP contribution in [0, 0.1) is 17.8 Å². The minimum atomic E-state index is 0.318. The SMILES string of the molecule is C[C@@H]1CCC[C@H](CC(=O)N2CCN(C(=O)CC3CCCCC3)CC2)C1. The van der Waals surface area contributed by atoms with E-state index >= 15 is 0 Å². The van der Waals surface area contributed by atoms with E-state index in [0.717, 1.165) is 44.9 Å². The first-order valence-electron chi connectivity index (χ1n) is 10.7. The summed E-state index contributed by atoms with van der Waals surface area (Å²) in [7, 11) is 0. The van der Waals surface area contributed by atoms with Crippen LogP contribution < -0.4 is 0 Å². The summed E-state index contributed by atoms with van der Waals surface area (Å²) in [6, 6.07) is 0. The quantitative estimate of drug-likeness (QED) is 0.774. The molecule has 0 bridgehead atoms. The largest absolute Gasteiger partial charge is 0.339 e. The molecule has 0 aromatic heterocycles. The summed E-state index contributed by atoms with van der Waals surface area (Å²) in [6.45, 7) is 5.25. The van der Waals surface area contributed by atoms with Gasteiger partial charge in [0.05, 0.1) is 0 Å². The highest BCUT2D eigenvalue weighted by Gasteiger charge is 2.28. The molecular weight excluding hydrogens is 312 g/mol. The van der Waals surface area contributed by atoms with E-state index < -0.39 is 0 Å². The molecule has 0 aromatic rings. The van der Waals surface area contributed by atoms with E-state index in [4.69, 9.17) is 0 Å². The van der Waals surface area contributed by atoms with Crippen molar-refractivity contribution in [3.63, 3.8) is 0 Å². The zero-order valence-electron chi connectivity index (χ0n) is 16.0. The van der Waals surface area contributed by atoms with Crippen LogP contribution in [-0.4, -0.2) is 47.8 Å². The van der Waals surface area contributed by atoms with Gasteiger partial charge in [-0.15, -0.1) is 0 Å². The number of hydrogen-bond acceptors (Lipinski definition) is 2. The van der Waals surface area contributed by atoms with Crippen LogP contribution in [0.25, 0.3) is 0 Å². The molecule has 2 amide bonds. The molecule has 3 fully saturated rings. The Morgan fingerprint density at radius 3 is 1.80 bits per heavy atom. The molecule has 1 aliphatic heterocycles. The third kappa shape index (κ3) is 5.46. The molecule has 25 heavy (non-hydrogen) atoms. The standard InChI is InChI=1S/C21H36N2O2/c1-17-6-5-9-19(14-17)16-21(25)23-12-10-22(11-13-23)20(24)15-18-7-3-2-4-8-18/h17-19H,2-16H2,1H3/t17-,19+/m1/s1. The third-order valence-corrected chi connectivity index (χ3v) is 6.68. The van der Waals surface area contributed by atoms with E-state index in [9.17, 15) is 9.59 Å². The van der Waals surface area contributed by atoms with Gasteiger partial charge in [0.2, 0.25) is 11.8 Å². The molecule has 2 saturated carbocycles. The van der Waals surface area contributed by atoms with Gasteiger partial charge in [0.15, 0.2) is 0 Å². The van der Waals surface area contributed by atoms with Crippen LogP contribution in [0.3, 0.4) is 0 Å². The van der Waals surface area contributed by atoms with Crippen LogP contribution in [0.2, 0.25) is 0 Å². The summed E-state index contributed by atoms with van der Waals surface area (Å²) >= 11 is 0. The molecule has 2 aliphatic carbocycles. The molecule has 3 rings (SSSR count). The second-order valence-corrected chi connectivity index (χ2v) is 8.81. The van der Waals surface area contributed by atoms with Gasteiger partial charge >= 0.3 is 0 Å². The predicted molar refractivity (Wildman–Crippen MR) is 100 cm³/mol. The molecule has 1 saturated heterocycles. The summed E-state index contributed by atoms with van der Waals surface area (Å²) < 4.78 is 0. The van der Waals surface area contributed by atoms with Crippen LogP contribution in [0.1, 0.15) is 77.6 Å². The number of rotatable bonds is 4.